The van der Waals surface area contributed by atoms with Gasteiger partial charge in [0.2, 0.25) is 5.91 Å². The number of hydrogen-bond donors (Lipinski definition) is 1. The number of imidazole rings is 1. The Morgan fingerprint density at radius 1 is 1.16 bits per heavy atom. The number of benzene rings is 1. The standard InChI is InChI=1S/C22H22ClF2N5O/c23-17-3-1-15(2-4-17)21-22(16-5-8-26-9-6-16)30(14-27-21)13-20(31)28-18-7-10-29(11-18)12-19(24)25/h1-6,8-9,14,18-19H,7,10-13H2,(H,28,31)/t18-/m1/s1. The lowest BCUT2D eigenvalue weighted by Gasteiger charge is -2.17. The molecule has 6 nitrogen and oxygen atoms in total. The van der Waals surface area contributed by atoms with Crippen molar-refractivity contribution in [1.82, 2.24) is 24.8 Å². The average Bonchev–Trinajstić information content (AvgIpc) is 3.35. The van der Waals surface area contributed by atoms with Gasteiger partial charge < -0.3 is 9.88 Å². The van der Waals surface area contributed by atoms with Crippen molar-refractivity contribution < 1.29 is 13.6 Å². The van der Waals surface area contributed by atoms with Gasteiger partial charge in [-0.3, -0.25) is 14.7 Å². The second kappa shape index (κ2) is 9.53. The number of nitrogens with zero attached hydrogens (tertiary/aromatic N) is 4. The van der Waals surface area contributed by atoms with Crippen molar-refractivity contribution in [3.05, 3.63) is 60.1 Å². The van der Waals surface area contributed by atoms with Gasteiger partial charge >= 0.3 is 0 Å². The Morgan fingerprint density at radius 3 is 2.61 bits per heavy atom. The van der Waals surface area contributed by atoms with E-state index in [0.29, 0.717) is 24.5 Å². The molecule has 9 heteroatoms. The lowest BCUT2D eigenvalue weighted by Crippen LogP contribution is -2.39. The number of amides is 1. The molecule has 0 aliphatic carbocycles. The number of rotatable bonds is 7. The van der Waals surface area contributed by atoms with Crippen LogP contribution in [0.2, 0.25) is 5.02 Å². The number of likely N-dealkylation sites (tertiary alicyclic amines) is 1. The first-order chi connectivity index (χ1) is 15.0. The van der Waals surface area contributed by atoms with Crippen molar-refractivity contribution in [1.29, 1.82) is 0 Å². The Balaban J connectivity index is 1.53. The minimum Gasteiger partial charge on any atom is -0.350 e. The van der Waals surface area contributed by atoms with Crippen LogP contribution in [0.3, 0.4) is 0 Å². The molecule has 1 aliphatic rings. The summed E-state index contributed by atoms with van der Waals surface area (Å²) in [5, 5.41) is 3.59. The molecule has 1 aliphatic heterocycles. The molecular formula is C22H22ClF2N5O. The van der Waals surface area contributed by atoms with Crippen molar-refractivity contribution in [3.8, 4) is 22.5 Å². The summed E-state index contributed by atoms with van der Waals surface area (Å²) in [6.07, 6.45) is 3.31. The number of nitrogens with one attached hydrogen (secondary N) is 1. The molecular weight excluding hydrogens is 424 g/mol. The first-order valence-corrected chi connectivity index (χ1v) is 10.4. The van der Waals surface area contributed by atoms with E-state index >= 15 is 0 Å². The van der Waals surface area contributed by atoms with Crippen molar-refractivity contribution in [2.45, 2.75) is 25.4 Å². The highest BCUT2D eigenvalue weighted by Gasteiger charge is 2.26. The predicted octanol–water partition coefficient (Wildman–Crippen LogP) is 3.72. The largest absolute Gasteiger partial charge is 0.350 e. The minimum absolute atomic E-state index is 0.0730. The van der Waals surface area contributed by atoms with Crippen molar-refractivity contribution in [3.63, 3.8) is 0 Å². The second-order valence-electron chi connectivity index (χ2n) is 7.52. The summed E-state index contributed by atoms with van der Waals surface area (Å²) in [6.45, 7) is 0.810. The third-order valence-corrected chi connectivity index (χ3v) is 5.51. The van der Waals surface area contributed by atoms with E-state index in [1.165, 1.54) is 0 Å². The fourth-order valence-corrected chi connectivity index (χ4v) is 4.00. The first-order valence-electron chi connectivity index (χ1n) is 10.0. The van der Waals surface area contributed by atoms with Gasteiger partial charge in [0.25, 0.3) is 6.43 Å². The van der Waals surface area contributed by atoms with E-state index in [2.05, 4.69) is 15.3 Å². The Hall–Kier alpha value is -2.84. The summed E-state index contributed by atoms with van der Waals surface area (Å²) in [5.74, 6) is -0.181. The Labute approximate surface area is 183 Å². The van der Waals surface area contributed by atoms with E-state index in [1.54, 1.807) is 40.3 Å². The molecule has 31 heavy (non-hydrogen) atoms. The zero-order valence-corrected chi connectivity index (χ0v) is 17.5. The van der Waals surface area contributed by atoms with E-state index in [4.69, 9.17) is 11.6 Å². The highest BCUT2D eigenvalue weighted by atomic mass is 35.5. The van der Waals surface area contributed by atoms with Gasteiger partial charge in [0, 0.05) is 47.7 Å². The van der Waals surface area contributed by atoms with Crippen molar-refractivity contribution >= 4 is 17.5 Å². The Bertz CT molecular complexity index is 1030. The van der Waals surface area contributed by atoms with Gasteiger partial charge in [0.1, 0.15) is 6.54 Å². The van der Waals surface area contributed by atoms with Crippen LogP contribution in [-0.2, 0) is 11.3 Å². The van der Waals surface area contributed by atoms with Crippen molar-refractivity contribution in [2.24, 2.45) is 0 Å². The van der Waals surface area contributed by atoms with Crippen LogP contribution >= 0.6 is 11.6 Å². The molecule has 1 saturated heterocycles. The molecule has 3 heterocycles. The molecule has 0 radical (unpaired) electrons. The summed E-state index contributed by atoms with van der Waals surface area (Å²) in [4.78, 5) is 23.0. The lowest BCUT2D eigenvalue weighted by atomic mass is 10.1. The third-order valence-electron chi connectivity index (χ3n) is 5.26. The topological polar surface area (TPSA) is 63.1 Å². The fraction of sp³-hybridized carbons (Fsp3) is 0.318. The number of carbonyl (C=O) groups excluding carboxylic acids is 1. The van der Waals surface area contributed by atoms with Crippen LogP contribution in [0.25, 0.3) is 22.5 Å². The fourth-order valence-electron chi connectivity index (χ4n) is 3.87. The molecule has 1 amide bonds. The Kier molecular flexibility index (Phi) is 6.58. The molecule has 0 spiro atoms. The van der Waals surface area contributed by atoms with E-state index in [-0.39, 0.29) is 25.0 Å². The molecule has 0 bridgehead atoms. The summed E-state index contributed by atoms with van der Waals surface area (Å²) >= 11 is 6.02. The van der Waals surface area contributed by atoms with Gasteiger partial charge in [-0.05, 0) is 30.7 Å². The SMILES string of the molecule is O=C(Cn1cnc(-c2ccc(Cl)cc2)c1-c1ccncc1)N[C@@H]1CCN(CC(F)F)C1. The van der Waals surface area contributed by atoms with E-state index in [1.807, 2.05) is 24.3 Å². The number of aromatic nitrogens is 3. The van der Waals surface area contributed by atoms with Gasteiger partial charge in [-0.25, -0.2) is 13.8 Å². The van der Waals surface area contributed by atoms with Crippen molar-refractivity contribution in [2.75, 3.05) is 19.6 Å². The third kappa shape index (κ3) is 5.26. The molecule has 1 N–H and O–H groups in total. The lowest BCUT2D eigenvalue weighted by molar-refractivity contribution is -0.122. The van der Waals surface area contributed by atoms with Crippen LogP contribution in [0.5, 0.6) is 0 Å². The number of carbonyl (C=O) groups is 1. The number of hydrogen-bond acceptors (Lipinski definition) is 4. The first kappa shape index (κ1) is 21.4. The second-order valence-corrected chi connectivity index (χ2v) is 7.95. The molecule has 1 atom stereocenters. The summed E-state index contributed by atoms with van der Waals surface area (Å²) in [6, 6.07) is 11.0. The molecule has 162 valence electrons. The average molecular weight is 446 g/mol. The van der Waals surface area contributed by atoms with E-state index in [0.717, 1.165) is 22.5 Å². The van der Waals surface area contributed by atoms with E-state index < -0.39 is 6.43 Å². The number of halogens is 3. The number of alkyl halides is 2. The normalized spacial score (nSPS) is 16.7. The molecule has 2 aromatic heterocycles. The van der Waals surface area contributed by atoms with Crippen LogP contribution in [0.15, 0.2) is 55.1 Å². The van der Waals surface area contributed by atoms with Crippen LogP contribution in [0.4, 0.5) is 8.78 Å². The molecule has 3 aromatic rings. The van der Waals surface area contributed by atoms with Crippen LogP contribution in [-0.4, -0.2) is 57.4 Å². The Morgan fingerprint density at radius 2 is 1.90 bits per heavy atom. The smallest absolute Gasteiger partial charge is 0.251 e. The summed E-state index contributed by atoms with van der Waals surface area (Å²) in [7, 11) is 0. The summed E-state index contributed by atoms with van der Waals surface area (Å²) in [5.41, 5.74) is 3.30. The van der Waals surface area contributed by atoms with Gasteiger partial charge in [0.05, 0.1) is 24.3 Å². The van der Waals surface area contributed by atoms with Crippen LogP contribution in [0.1, 0.15) is 6.42 Å². The predicted molar refractivity (Wildman–Crippen MR) is 115 cm³/mol. The number of pyridine rings is 1. The van der Waals surface area contributed by atoms with Gasteiger partial charge in [-0.15, -0.1) is 0 Å². The molecule has 0 saturated carbocycles. The zero-order chi connectivity index (χ0) is 21.8. The quantitative estimate of drug-likeness (QED) is 0.602. The van der Waals surface area contributed by atoms with Crippen LogP contribution in [0, 0.1) is 0 Å². The zero-order valence-electron chi connectivity index (χ0n) is 16.7. The molecule has 4 rings (SSSR count). The van der Waals surface area contributed by atoms with Gasteiger partial charge in [-0.1, -0.05) is 23.7 Å². The molecule has 0 unspecified atom stereocenters. The maximum Gasteiger partial charge on any atom is 0.251 e. The van der Waals surface area contributed by atoms with Gasteiger partial charge in [0.15, 0.2) is 0 Å². The monoisotopic (exact) mass is 445 g/mol. The van der Waals surface area contributed by atoms with E-state index in [9.17, 15) is 13.6 Å². The molecule has 1 aromatic carbocycles. The van der Waals surface area contributed by atoms with Gasteiger partial charge in [-0.2, -0.15) is 0 Å². The summed E-state index contributed by atoms with van der Waals surface area (Å²) < 4.78 is 27.0. The maximum absolute atomic E-state index is 12.7. The highest BCUT2D eigenvalue weighted by molar-refractivity contribution is 6.30. The highest BCUT2D eigenvalue weighted by Crippen LogP contribution is 2.31. The maximum atomic E-state index is 12.7. The van der Waals surface area contributed by atoms with Crippen LogP contribution < -0.4 is 5.32 Å². The molecule has 1 fully saturated rings. The minimum atomic E-state index is -2.37.